The second-order valence-electron chi connectivity index (χ2n) is 5.59. The van der Waals surface area contributed by atoms with Gasteiger partial charge in [0.2, 0.25) is 0 Å². The molecule has 1 atom stereocenters. The first-order chi connectivity index (χ1) is 13.7. The number of nitrogens with two attached hydrogens (primary N) is 1. The highest BCUT2D eigenvalue weighted by molar-refractivity contribution is 7.17. The molecule has 1 unspecified atom stereocenters. The lowest BCUT2D eigenvalue weighted by atomic mass is 9.97. The Bertz CT molecular complexity index is 745. The van der Waals surface area contributed by atoms with E-state index in [1.807, 2.05) is 57.2 Å². The van der Waals surface area contributed by atoms with Gasteiger partial charge >= 0.3 is 0 Å². The molecule has 152 valence electrons. The van der Waals surface area contributed by atoms with E-state index in [0.29, 0.717) is 17.2 Å². The largest absolute Gasteiger partial charge is 0.400 e. The molecular weight excluding hydrogens is 366 g/mol. The van der Waals surface area contributed by atoms with Crippen LogP contribution in [-0.2, 0) is 6.42 Å². The number of thiophene rings is 1. The molecule has 0 saturated carbocycles. The van der Waals surface area contributed by atoms with E-state index < -0.39 is 0 Å². The third-order valence-electron chi connectivity index (χ3n) is 3.89. The van der Waals surface area contributed by atoms with Gasteiger partial charge in [-0.1, -0.05) is 50.3 Å². The molecule has 0 spiro atoms. The average Bonchev–Trinajstić information content (AvgIpc) is 3.05. The molecular formula is C23H33N3OS. The van der Waals surface area contributed by atoms with Crippen LogP contribution in [-0.4, -0.2) is 12.2 Å². The summed E-state index contributed by atoms with van der Waals surface area (Å²) in [4.78, 5) is 1.05. The molecule has 1 aromatic carbocycles. The number of benzene rings is 1. The number of nitrogen functional groups attached to an aromatic ring is 1. The maximum absolute atomic E-state index is 9.46. The molecule has 0 saturated heterocycles. The molecule has 5 heteroatoms. The van der Waals surface area contributed by atoms with E-state index in [1.54, 1.807) is 11.3 Å². The molecule has 2 rings (SSSR count). The summed E-state index contributed by atoms with van der Waals surface area (Å²) in [6.07, 6.45) is 9.10. The highest BCUT2D eigenvalue weighted by Crippen LogP contribution is 2.38. The number of aliphatic hydroxyl groups is 1. The van der Waals surface area contributed by atoms with Gasteiger partial charge in [-0.2, -0.15) is 5.26 Å². The number of nitrogens with zero attached hydrogens (tertiary/aromatic N) is 1. The molecule has 28 heavy (non-hydrogen) atoms. The van der Waals surface area contributed by atoms with Crippen LogP contribution in [0.1, 0.15) is 44.1 Å². The SMILES string of the molecule is C=CC(CC/C=C/C)Cc1sc(Nc2ccccc2)c(C#N)c1N.CC.CO. The van der Waals surface area contributed by atoms with Gasteiger partial charge in [-0.05, 0) is 44.2 Å². The van der Waals surface area contributed by atoms with Crippen LogP contribution in [0.4, 0.5) is 16.4 Å². The molecule has 0 aliphatic carbocycles. The van der Waals surface area contributed by atoms with Gasteiger partial charge in [0.15, 0.2) is 0 Å². The fourth-order valence-electron chi connectivity index (χ4n) is 2.51. The molecule has 0 fully saturated rings. The van der Waals surface area contributed by atoms with Gasteiger partial charge in [-0.15, -0.1) is 17.9 Å². The van der Waals surface area contributed by atoms with Crippen molar-refractivity contribution < 1.29 is 5.11 Å². The normalized spacial score (nSPS) is 10.7. The smallest absolute Gasteiger partial charge is 0.113 e. The van der Waals surface area contributed by atoms with Crippen molar-refractivity contribution in [3.8, 4) is 6.07 Å². The second kappa shape index (κ2) is 15.5. The first-order valence-electron chi connectivity index (χ1n) is 9.51. The third-order valence-corrected chi connectivity index (χ3v) is 5.03. The van der Waals surface area contributed by atoms with Crippen molar-refractivity contribution in [2.75, 3.05) is 18.2 Å². The van der Waals surface area contributed by atoms with Crippen molar-refractivity contribution in [3.05, 3.63) is 65.6 Å². The first-order valence-corrected chi connectivity index (χ1v) is 10.3. The number of nitriles is 1. The number of para-hydroxylation sites is 1. The predicted octanol–water partition coefficient (Wildman–Crippen LogP) is 6.28. The van der Waals surface area contributed by atoms with Crippen LogP contribution in [0.2, 0.25) is 0 Å². The summed E-state index contributed by atoms with van der Waals surface area (Å²) in [5.74, 6) is 0.360. The lowest BCUT2D eigenvalue weighted by molar-refractivity contribution is 0.399. The zero-order valence-corrected chi connectivity index (χ0v) is 18.2. The third kappa shape index (κ3) is 7.99. The van der Waals surface area contributed by atoms with Gasteiger partial charge in [0.05, 0.1) is 5.69 Å². The Morgan fingerprint density at radius 2 is 1.93 bits per heavy atom. The highest BCUT2D eigenvalue weighted by atomic mass is 32.1. The van der Waals surface area contributed by atoms with E-state index in [0.717, 1.165) is 41.9 Å². The summed E-state index contributed by atoms with van der Waals surface area (Å²) in [6, 6.07) is 12.1. The molecule has 2 aromatic rings. The molecule has 0 aliphatic rings. The average molecular weight is 400 g/mol. The van der Waals surface area contributed by atoms with E-state index in [4.69, 9.17) is 10.8 Å². The van der Waals surface area contributed by atoms with Gasteiger partial charge in [-0.25, -0.2) is 0 Å². The van der Waals surface area contributed by atoms with Gasteiger partial charge in [0.25, 0.3) is 0 Å². The molecule has 1 heterocycles. The molecule has 0 radical (unpaired) electrons. The maximum Gasteiger partial charge on any atom is 0.113 e. The van der Waals surface area contributed by atoms with Crippen molar-refractivity contribution in [2.24, 2.45) is 5.92 Å². The molecule has 4 N–H and O–H groups in total. The maximum atomic E-state index is 9.46. The van der Waals surface area contributed by atoms with E-state index in [2.05, 4.69) is 30.1 Å². The topological polar surface area (TPSA) is 82.1 Å². The summed E-state index contributed by atoms with van der Waals surface area (Å²) in [7, 11) is 1.00. The fourth-order valence-corrected chi connectivity index (χ4v) is 3.69. The van der Waals surface area contributed by atoms with Crippen molar-refractivity contribution in [1.29, 1.82) is 5.26 Å². The summed E-state index contributed by atoms with van der Waals surface area (Å²) in [5.41, 5.74) is 8.31. The van der Waals surface area contributed by atoms with E-state index >= 15 is 0 Å². The Balaban J connectivity index is 0.00000171. The van der Waals surface area contributed by atoms with Crippen LogP contribution in [0.25, 0.3) is 0 Å². The minimum atomic E-state index is 0.360. The zero-order valence-electron chi connectivity index (χ0n) is 17.4. The number of rotatable bonds is 8. The second-order valence-corrected chi connectivity index (χ2v) is 6.70. The molecule has 0 bridgehead atoms. The van der Waals surface area contributed by atoms with Crippen LogP contribution in [0.5, 0.6) is 0 Å². The standard InChI is InChI=1S/C20H23N3S.C2H6.CH4O/c1-3-5-7-10-15(4-2)13-18-19(22)17(14-21)20(24-18)23-16-11-8-6-9-12-16;2*1-2/h3-6,8-9,11-12,15,23H,2,7,10,13,22H2,1H3;1-2H3;2H,1H3/b5-3+;;. The minimum absolute atomic E-state index is 0.360. The van der Waals surface area contributed by atoms with Crippen molar-refractivity contribution in [3.63, 3.8) is 0 Å². The Labute approximate surface area is 174 Å². The van der Waals surface area contributed by atoms with Gasteiger partial charge < -0.3 is 16.2 Å². The molecule has 1 aromatic heterocycles. The van der Waals surface area contributed by atoms with Crippen LogP contribution in [0.3, 0.4) is 0 Å². The van der Waals surface area contributed by atoms with Crippen molar-refractivity contribution >= 4 is 27.7 Å². The molecule has 0 aliphatic heterocycles. The fraction of sp³-hybridized carbons (Fsp3) is 0.348. The van der Waals surface area contributed by atoms with Gasteiger partial charge in [0.1, 0.15) is 16.6 Å². The predicted molar refractivity (Wildman–Crippen MR) is 124 cm³/mol. The summed E-state index contributed by atoms with van der Waals surface area (Å²) in [5, 5.41) is 20.6. The van der Waals surface area contributed by atoms with Crippen molar-refractivity contribution in [2.45, 2.75) is 40.0 Å². The number of aliphatic hydroxyl groups excluding tert-OH is 1. The van der Waals surface area contributed by atoms with E-state index in [9.17, 15) is 5.26 Å². The highest BCUT2D eigenvalue weighted by Gasteiger charge is 2.18. The Hall–Kier alpha value is -2.55. The Morgan fingerprint density at radius 3 is 2.46 bits per heavy atom. The lowest BCUT2D eigenvalue weighted by Crippen LogP contribution is -2.02. The summed E-state index contributed by atoms with van der Waals surface area (Å²) >= 11 is 1.56. The van der Waals surface area contributed by atoms with E-state index in [-0.39, 0.29) is 0 Å². The van der Waals surface area contributed by atoms with Crippen LogP contribution >= 0.6 is 11.3 Å². The monoisotopic (exact) mass is 399 g/mol. The van der Waals surface area contributed by atoms with Crippen LogP contribution in [0, 0.1) is 17.2 Å². The van der Waals surface area contributed by atoms with E-state index in [1.165, 1.54) is 0 Å². The first kappa shape index (κ1) is 25.4. The quantitative estimate of drug-likeness (QED) is 0.456. The summed E-state index contributed by atoms with van der Waals surface area (Å²) < 4.78 is 0. The summed E-state index contributed by atoms with van der Waals surface area (Å²) in [6.45, 7) is 9.97. The Morgan fingerprint density at radius 1 is 1.29 bits per heavy atom. The number of allylic oxidation sites excluding steroid dienone is 3. The van der Waals surface area contributed by atoms with Gasteiger partial charge in [0, 0.05) is 17.7 Å². The minimum Gasteiger partial charge on any atom is -0.400 e. The molecule has 0 amide bonds. The van der Waals surface area contributed by atoms with Crippen LogP contribution < -0.4 is 11.1 Å². The van der Waals surface area contributed by atoms with Gasteiger partial charge in [-0.3, -0.25) is 0 Å². The zero-order chi connectivity index (χ0) is 21.4. The van der Waals surface area contributed by atoms with Crippen LogP contribution in [0.15, 0.2) is 55.1 Å². The lowest BCUT2D eigenvalue weighted by Gasteiger charge is -2.10. The number of hydrogen-bond donors (Lipinski definition) is 3. The van der Waals surface area contributed by atoms with Crippen molar-refractivity contribution in [1.82, 2.24) is 0 Å². The molecule has 4 nitrogen and oxygen atoms in total. The Kier molecular flexibility index (Phi) is 14.1. The number of nitrogens with one attached hydrogen (secondary N) is 1. The number of anilines is 3. The number of hydrogen-bond acceptors (Lipinski definition) is 5.